The summed E-state index contributed by atoms with van der Waals surface area (Å²) in [5.41, 5.74) is 0. The van der Waals surface area contributed by atoms with Gasteiger partial charge in [-0.15, -0.1) is 0 Å². The van der Waals surface area contributed by atoms with E-state index < -0.39 is 0 Å². The Hall–Kier alpha value is 0.209. The van der Waals surface area contributed by atoms with Crippen LogP contribution in [0.4, 0.5) is 0 Å². The summed E-state index contributed by atoms with van der Waals surface area (Å²) in [6, 6.07) is 5.72. The van der Waals surface area contributed by atoms with E-state index in [4.69, 9.17) is 0 Å². The molecule has 0 amide bonds. The monoisotopic (exact) mass is 245 g/mol. The average Bonchev–Trinajstić information content (AvgIpc) is 1.93. The molecule has 10 heavy (non-hydrogen) atoms. The smallest absolute Gasteiger partial charge is 0.0832 e. The van der Waals surface area contributed by atoms with E-state index in [1.807, 2.05) is 18.2 Å². The summed E-state index contributed by atoms with van der Waals surface area (Å²) in [6.07, 6.45) is 3.50. The fourth-order valence-corrected chi connectivity index (χ4v) is 0.313. The van der Waals surface area contributed by atoms with E-state index >= 15 is 0 Å². The molecule has 0 spiro atoms. The Bertz CT molecular complexity index is 103. The first-order chi connectivity index (χ1) is 4.41. The molecule has 5 heteroatoms. The van der Waals surface area contributed by atoms with Crippen LogP contribution in [-0.4, -0.2) is 22.1 Å². The first kappa shape index (κ1) is 12.8. The molecule has 0 aliphatic heterocycles. The summed E-state index contributed by atoms with van der Waals surface area (Å²) < 4.78 is 3.19. The number of hydrogen-bond donors (Lipinski definition) is 0. The van der Waals surface area contributed by atoms with Crippen LogP contribution in [0, 0.1) is 0 Å². The van der Waals surface area contributed by atoms with Gasteiger partial charge in [-0.3, -0.25) is 4.98 Å². The minimum atomic E-state index is 0. The number of hydrogen-bond acceptors (Lipinski definition) is 2. The fraction of sp³-hybridized carbons (Fsp3) is 0. The van der Waals surface area contributed by atoms with Crippen molar-refractivity contribution in [3.05, 3.63) is 30.6 Å². The Balaban J connectivity index is 0. The molecule has 0 aliphatic rings. The van der Waals surface area contributed by atoms with Crippen molar-refractivity contribution in [1.82, 2.24) is 4.98 Å². The SMILES string of the molecule is ClOCl.[Se].c1ccncc1. The van der Waals surface area contributed by atoms with Gasteiger partial charge in [0.15, 0.2) is 0 Å². The van der Waals surface area contributed by atoms with E-state index in [2.05, 4.69) is 32.6 Å². The second-order valence-electron chi connectivity index (χ2n) is 1.08. The molecule has 0 unspecified atom stereocenters. The van der Waals surface area contributed by atoms with Crippen molar-refractivity contribution in [2.24, 2.45) is 0 Å². The minimum Gasteiger partial charge on any atom is -0.265 e. The zero-order valence-electron chi connectivity index (χ0n) is 4.91. The number of aromatic nitrogens is 1. The van der Waals surface area contributed by atoms with Crippen molar-refractivity contribution in [2.75, 3.05) is 0 Å². The van der Waals surface area contributed by atoms with Crippen LogP contribution in [0.3, 0.4) is 0 Å². The first-order valence-electron chi connectivity index (χ1n) is 2.16. The van der Waals surface area contributed by atoms with Gasteiger partial charge in [-0.25, -0.2) is 0 Å². The maximum absolute atomic E-state index is 4.26. The van der Waals surface area contributed by atoms with Gasteiger partial charge < -0.3 is 0 Å². The Morgan fingerprint density at radius 3 is 1.50 bits per heavy atom. The summed E-state index contributed by atoms with van der Waals surface area (Å²) in [4.78, 5) is 3.78. The third kappa shape index (κ3) is 11.1. The standard InChI is InChI=1S/C5H5N.Cl2O.Se/c1-2-4-6-5-3-1;1-3-2;/h1-5H;;. The molecule has 0 saturated heterocycles. The summed E-state index contributed by atoms with van der Waals surface area (Å²) in [6.45, 7) is 0. The molecule has 0 N–H and O–H groups in total. The second-order valence-corrected chi connectivity index (χ2v) is 1.55. The molecule has 0 fully saturated rings. The van der Waals surface area contributed by atoms with E-state index in [1.165, 1.54) is 0 Å². The summed E-state index contributed by atoms with van der Waals surface area (Å²) in [5.74, 6) is 0. The topological polar surface area (TPSA) is 22.1 Å². The van der Waals surface area contributed by atoms with E-state index in [0.717, 1.165) is 0 Å². The Morgan fingerprint density at radius 2 is 1.40 bits per heavy atom. The molecular formula is C5H5Cl2NOSe. The maximum atomic E-state index is 4.26. The molecule has 1 rings (SSSR count). The normalized spacial score (nSPS) is 6.60. The predicted molar refractivity (Wildman–Crippen MR) is 42.8 cm³/mol. The molecule has 0 aliphatic carbocycles. The zero-order chi connectivity index (χ0) is 6.95. The van der Waals surface area contributed by atoms with Crippen LogP contribution in [0.15, 0.2) is 30.6 Å². The third-order valence-corrected chi connectivity index (χ3v) is 0.566. The van der Waals surface area contributed by atoms with Crippen LogP contribution in [0.5, 0.6) is 0 Å². The van der Waals surface area contributed by atoms with Gasteiger partial charge in [-0.1, -0.05) is 6.07 Å². The van der Waals surface area contributed by atoms with E-state index in [-0.39, 0.29) is 17.1 Å². The summed E-state index contributed by atoms with van der Waals surface area (Å²) >= 11 is 8.53. The van der Waals surface area contributed by atoms with Crippen LogP contribution in [0.25, 0.3) is 0 Å². The van der Waals surface area contributed by atoms with Gasteiger partial charge in [0.25, 0.3) is 0 Å². The van der Waals surface area contributed by atoms with Crippen molar-refractivity contribution < 1.29 is 3.84 Å². The van der Waals surface area contributed by atoms with Crippen LogP contribution in [-0.2, 0) is 3.84 Å². The average molecular weight is 245 g/mol. The van der Waals surface area contributed by atoms with Gasteiger partial charge in [0.1, 0.15) is 0 Å². The Kier molecular flexibility index (Phi) is 15.3. The minimum absolute atomic E-state index is 0. The molecular weight excluding hydrogens is 240 g/mol. The van der Waals surface area contributed by atoms with Crippen molar-refractivity contribution in [2.45, 2.75) is 0 Å². The molecule has 56 valence electrons. The van der Waals surface area contributed by atoms with Gasteiger partial charge in [0.05, 0.1) is 23.7 Å². The van der Waals surface area contributed by atoms with Gasteiger partial charge in [-0.2, -0.15) is 3.84 Å². The number of nitrogens with zero attached hydrogens (tertiary/aromatic N) is 1. The van der Waals surface area contributed by atoms with Gasteiger partial charge in [0, 0.05) is 29.5 Å². The molecule has 0 aromatic carbocycles. The largest absolute Gasteiger partial charge is 0.265 e. The van der Waals surface area contributed by atoms with Crippen LogP contribution >= 0.6 is 23.7 Å². The quantitative estimate of drug-likeness (QED) is 0.652. The van der Waals surface area contributed by atoms with E-state index in [9.17, 15) is 0 Å². The van der Waals surface area contributed by atoms with Crippen LogP contribution in [0.2, 0.25) is 0 Å². The maximum Gasteiger partial charge on any atom is 0.0832 e. The van der Waals surface area contributed by atoms with Crippen molar-refractivity contribution >= 4 is 40.8 Å². The second kappa shape index (κ2) is 11.9. The molecule has 2 radical (unpaired) electrons. The number of halogens is 2. The fourth-order valence-electron chi connectivity index (χ4n) is 0.313. The molecule has 2 nitrogen and oxygen atoms in total. The molecule has 0 saturated carbocycles. The third-order valence-electron chi connectivity index (χ3n) is 0.566. The first-order valence-corrected chi connectivity index (χ1v) is 2.78. The van der Waals surface area contributed by atoms with Crippen LogP contribution < -0.4 is 0 Å². The van der Waals surface area contributed by atoms with Crippen molar-refractivity contribution in [3.63, 3.8) is 0 Å². The van der Waals surface area contributed by atoms with Crippen molar-refractivity contribution in [3.8, 4) is 0 Å². The van der Waals surface area contributed by atoms with Gasteiger partial charge in [0.2, 0.25) is 0 Å². The number of rotatable bonds is 0. The van der Waals surface area contributed by atoms with E-state index in [0.29, 0.717) is 0 Å². The Morgan fingerprint density at radius 1 is 1.00 bits per heavy atom. The molecule has 0 atom stereocenters. The van der Waals surface area contributed by atoms with Gasteiger partial charge >= 0.3 is 0 Å². The molecule has 0 bridgehead atoms. The summed E-state index contributed by atoms with van der Waals surface area (Å²) in [5, 5.41) is 0. The number of pyridine rings is 1. The van der Waals surface area contributed by atoms with E-state index in [1.54, 1.807) is 12.4 Å². The molecule has 1 aromatic heterocycles. The molecule has 1 heterocycles. The predicted octanol–water partition coefficient (Wildman–Crippen LogP) is 2.01. The van der Waals surface area contributed by atoms with Crippen LogP contribution in [0.1, 0.15) is 0 Å². The zero-order valence-corrected chi connectivity index (χ0v) is 8.13. The summed E-state index contributed by atoms with van der Waals surface area (Å²) in [7, 11) is 0. The van der Waals surface area contributed by atoms with Gasteiger partial charge in [-0.05, 0) is 12.1 Å². The Labute approximate surface area is 80.3 Å². The van der Waals surface area contributed by atoms with Crippen molar-refractivity contribution in [1.29, 1.82) is 0 Å². The molecule has 1 aromatic rings.